The van der Waals surface area contributed by atoms with E-state index >= 15 is 0 Å². The summed E-state index contributed by atoms with van der Waals surface area (Å²) in [6, 6.07) is 24.6. The van der Waals surface area contributed by atoms with Crippen LogP contribution in [0.25, 0.3) is 16.9 Å². The number of rotatable bonds is 6. The van der Waals surface area contributed by atoms with Crippen LogP contribution in [0.4, 0.5) is 0 Å². The van der Waals surface area contributed by atoms with Crippen molar-refractivity contribution in [2.45, 2.75) is 0 Å². The molecule has 0 aliphatic heterocycles. The zero-order valence-corrected chi connectivity index (χ0v) is 18.3. The average Bonchev–Trinajstić information content (AvgIpc) is 3.24. The number of methoxy groups -OCH3 is 1. The summed E-state index contributed by atoms with van der Waals surface area (Å²) in [5, 5.41) is 8.90. The maximum absolute atomic E-state index is 12.4. The van der Waals surface area contributed by atoms with Gasteiger partial charge in [0.25, 0.3) is 5.91 Å². The molecule has 0 unspecified atom stereocenters. The molecular formula is C24H19BrN4O2. The van der Waals surface area contributed by atoms with E-state index in [1.807, 2.05) is 66.9 Å². The van der Waals surface area contributed by atoms with Gasteiger partial charge >= 0.3 is 0 Å². The number of carbonyl (C=O) groups excluding carboxylic acids is 1. The number of hydrogen-bond donors (Lipinski definition) is 1. The number of ether oxygens (including phenoxy) is 1. The predicted molar refractivity (Wildman–Crippen MR) is 125 cm³/mol. The molecule has 0 aliphatic carbocycles. The number of para-hydroxylation sites is 1. The van der Waals surface area contributed by atoms with Gasteiger partial charge in [-0.3, -0.25) is 4.79 Å². The molecule has 4 rings (SSSR count). The van der Waals surface area contributed by atoms with Gasteiger partial charge in [0, 0.05) is 27.4 Å². The van der Waals surface area contributed by atoms with Crippen LogP contribution in [0.2, 0.25) is 0 Å². The molecule has 0 saturated carbocycles. The van der Waals surface area contributed by atoms with E-state index in [-0.39, 0.29) is 5.91 Å². The molecule has 154 valence electrons. The van der Waals surface area contributed by atoms with E-state index < -0.39 is 0 Å². The van der Waals surface area contributed by atoms with E-state index in [1.165, 1.54) is 0 Å². The zero-order chi connectivity index (χ0) is 21.6. The molecule has 31 heavy (non-hydrogen) atoms. The second kappa shape index (κ2) is 9.40. The Morgan fingerprint density at radius 2 is 1.84 bits per heavy atom. The van der Waals surface area contributed by atoms with Crippen molar-refractivity contribution < 1.29 is 9.53 Å². The van der Waals surface area contributed by atoms with Gasteiger partial charge in [-0.2, -0.15) is 10.2 Å². The second-order valence-electron chi connectivity index (χ2n) is 6.65. The van der Waals surface area contributed by atoms with Gasteiger partial charge in [-0.05, 0) is 54.6 Å². The summed E-state index contributed by atoms with van der Waals surface area (Å²) in [4.78, 5) is 12.4. The largest absolute Gasteiger partial charge is 0.497 e. The predicted octanol–water partition coefficient (Wildman–Crippen LogP) is 5.07. The Morgan fingerprint density at radius 3 is 2.55 bits per heavy atom. The number of carbonyl (C=O) groups is 1. The Bertz CT molecular complexity index is 1220. The van der Waals surface area contributed by atoms with Gasteiger partial charge in [-0.15, -0.1) is 0 Å². The Balaban J connectivity index is 1.63. The molecule has 0 fully saturated rings. The molecule has 1 heterocycles. The highest BCUT2D eigenvalue weighted by Crippen LogP contribution is 2.25. The highest BCUT2D eigenvalue weighted by atomic mass is 79.9. The van der Waals surface area contributed by atoms with Crippen LogP contribution in [0.5, 0.6) is 5.75 Å². The number of hydrazone groups is 1. The molecule has 4 aromatic rings. The van der Waals surface area contributed by atoms with Gasteiger partial charge in [0.2, 0.25) is 0 Å². The molecule has 0 spiro atoms. The van der Waals surface area contributed by atoms with E-state index in [0.717, 1.165) is 32.7 Å². The normalized spacial score (nSPS) is 10.9. The monoisotopic (exact) mass is 474 g/mol. The quantitative estimate of drug-likeness (QED) is 0.313. The Kier molecular flexibility index (Phi) is 6.24. The molecule has 1 N–H and O–H groups in total. The molecule has 0 aliphatic rings. The van der Waals surface area contributed by atoms with Crippen LogP contribution in [0.3, 0.4) is 0 Å². The fourth-order valence-electron chi connectivity index (χ4n) is 3.02. The number of amides is 1. The molecule has 6 nitrogen and oxygen atoms in total. The Morgan fingerprint density at radius 1 is 1.06 bits per heavy atom. The third-order valence-electron chi connectivity index (χ3n) is 4.58. The average molecular weight is 475 g/mol. The highest BCUT2D eigenvalue weighted by Gasteiger charge is 2.12. The maximum atomic E-state index is 12.4. The van der Waals surface area contributed by atoms with Crippen molar-refractivity contribution in [1.29, 1.82) is 0 Å². The van der Waals surface area contributed by atoms with Crippen molar-refractivity contribution in [1.82, 2.24) is 15.2 Å². The summed E-state index contributed by atoms with van der Waals surface area (Å²) >= 11 is 3.37. The van der Waals surface area contributed by atoms with Crippen molar-refractivity contribution in [3.63, 3.8) is 0 Å². The lowest BCUT2D eigenvalue weighted by atomic mass is 10.1. The van der Waals surface area contributed by atoms with Crippen molar-refractivity contribution in [3.8, 4) is 22.7 Å². The third kappa shape index (κ3) is 4.90. The van der Waals surface area contributed by atoms with Crippen LogP contribution >= 0.6 is 15.9 Å². The maximum Gasteiger partial charge on any atom is 0.271 e. The molecular weight excluding hydrogens is 456 g/mol. The van der Waals surface area contributed by atoms with Crippen LogP contribution in [0.15, 0.2) is 94.6 Å². The number of halogens is 1. The first-order chi connectivity index (χ1) is 15.1. The smallest absolute Gasteiger partial charge is 0.271 e. The van der Waals surface area contributed by atoms with Crippen LogP contribution in [-0.2, 0) is 0 Å². The van der Waals surface area contributed by atoms with E-state index in [9.17, 15) is 4.79 Å². The van der Waals surface area contributed by atoms with Crippen LogP contribution in [0, 0.1) is 0 Å². The summed E-state index contributed by atoms with van der Waals surface area (Å²) in [6.07, 6.45) is 3.48. The summed E-state index contributed by atoms with van der Waals surface area (Å²) in [7, 11) is 1.63. The van der Waals surface area contributed by atoms with Gasteiger partial charge in [0.1, 0.15) is 11.4 Å². The minimum absolute atomic E-state index is 0.293. The fourth-order valence-corrected chi connectivity index (χ4v) is 3.42. The van der Waals surface area contributed by atoms with E-state index in [2.05, 4.69) is 26.5 Å². The first-order valence-electron chi connectivity index (χ1n) is 9.52. The lowest BCUT2D eigenvalue weighted by molar-refractivity contribution is 0.0955. The molecule has 0 atom stereocenters. The summed E-state index contributed by atoms with van der Waals surface area (Å²) in [5.41, 5.74) is 6.44. The number of aromatic nitrogens is 2. The van der Waals surface area contributed by atoms with E-state index in [0.29, 0.717) is 5.56 Å². The molecule has 3 aromatic carbocycles. The fraction of sp³-hybridized carbons (Fsp3) is 0.0417. The van der Waals surface area contributed by atoms with Gasteiger partial charge in [-0.1, -0.05) is 40.2 Å². The van der Waals surface area contributed by atoms with Crippen LogP contribution < -0.4 is 10.2 Å². The van der Waals surface area contributed by atoms with Gasteiger partial charge in [-0.25, -0.2) is 10.1 Å². The number of nitrogens with zero attached hydrogens (tertiary/aromatic N) is 3. The Hall–Kier alpha value is -3.71. The lowest BCUT2D eigenvalue weighted by Gasteiger charge is -2.03. The summed E-state index contributed by atoms with van der Waals surface area (Å²) in [6.45, 7) is 0. The Labute approximate surface area is 188 Å². The number of nitrogens with one attached hydrogen (secondary N) is 1. The van der Waals surface area contributed by atoms with Crippen LogP contribution in [0.1, 0.15) is 15.9 Å². The van der Waals surface area contributed by atoms with Gasteiger partial charge < -0.3 is 4.74 Å². The van der Waals surface area contributed by atoms with Crippen molar-refractivity contribution in [2.75, 3.05) is 7.11 Å². The summed E-state index contributed by atoms with van der Waals surface area (Å²) < 4.78 is 7.87. The molecule has 7 heteroatoms. The first kappa shape index (κ1) is 20.6. The minimum Gasteiger partial charge on any atom is -0.497 e. The van der Waals surface area contributed by atoms with Crippen molar-refractivity contribution >= 4 is 28.1 Å². The first-order valence-corrected chi connectivity index (χ1v) is 10.3. The highest BCUT2D eigenvalue weighted by molar-refractivity contribution is 9.10. The van der Waals surface area contributed by atoms with Crippen molar-refractivity contribution in [2.24, 2.45) is 5.10 Å². The van der Waals surface area contributed by atoms with Gasteiger partial charge in [0.05, 0.1) is 19.0 Å². The molecule has 0 radical (unpaired) electrons. The van der Waals surface area contributed by atoms with Crippen LogP contribution in [-0.4, -0.2) is 29.0 Å². The van der Waals surface area contributed by atoms with E-state index in [1.54, 1.807) is 36.2 Å². The SMILES string of the molecule is COc1ccc(-c2nn(-c3ccccc3)cc2/C=N\NC(=O)c2cccc(Br)c2)cc1. The molecule has 1 amide bonds. The minimum atomic E-state index is -0.293. The lowest BCUT2D eigenvalue weighted by Crippen LogP contribution is -2.17. The molecule has 0 saturated heterocycles. The van der Waals surface area contributed by atoms with Crippen molar-refractivity contribution in [3.05, 3.63) is 101 Å². The zero-order valence-electron chi connectivity index (χ0n) is 16.7. The second-order valence-corrected chi connectivity index (χ2v) is 7.57. The standard InChI is InChI=1S/C24H19BrN4O2/c1-31-22-12-10-17(11-13-22)23-19(16-29(28-23)21-8-3-2-4-9-21)15-26-27-24(30)18-6-5-7-20(25)14-18/h2-16H,1H3,(H,27,30)/b26-15-. The molecule has 0 bridgehead atoms. The molecule has 1 aromatic heterocycles. The van der Waals surface area contributed by atoms with E-state index in [4.69, 9.17) is 9.84 Å². The third-order valence-corrected chi connectivity index (χ3v) is 5.08. The number of hydrogen-bond acceptors (Lipinski definition) is 4. The van der Waals surface area contributed by atoms with Gasteiger partial charge in [0.15, 0.2) is 0 Å². The number of benzene rings is 3. The summed E-state index contributed by atoms with van der Waals surface area (Å²) in [5.74, 6) is 0.474. The topological polar surface area (TPSA) is 68.5 Å².